The van der Waals surface area contributed by atoms with Gasteiger partial charge in [-0.1, -0.05) is 0 Å². The van der Waals surface area contributed by atoms with Crippen LogP contribution in [0.15, 0.2) is 0 Å². The van der Waals surface area contributed by atoms with Crippen LogP contribution in [0.2, 0.25) is 0 Å². The molecule has 1 amide bonds. The number of nitrogens with one attached hydrogen (secondary N) is 2. The number of carbonyl (C=O) groups excluding carboxylic acids is 2. The summed E-state index contributed by atoms with van der Waals surface area (Å²) in [5.41, 5.74) is 5.18. The van der Waals surface area contributed by atoms with Crippen molar-refractivity contribution in [1.29, 1.82) is 0 Å². The second-order valence-electron chi connectivity index (χ2n) is 3.18. The molecule has 0 saturated carbocycles. The Morgan fingerprint density at radius 3 is 3.07 bits per heavy atom. The number of amides is 1. The predicted octanol–water partition coefficient (Wildman–Crippen LogP) is -0.651. The van der Waals surface area contributed by atoms with Crippen molar-refractivity contribution in [3.63, 3.8) is 0 Å². The van der Waals surface area contributed by atoms with Crippen LogP contribution in [0, 0.1) is 0 Å². The Balaban J connectivity index is 2.09. The third-order valence-corrected chi connectivity index (χ3v) is 1.94. The van der Waals surface area contributed by atoms with Gasteiger partial charge in [-0.25, -0.2) is 5.43 Å². The van der Waals surface area contributed by atoms with Gasteiger partial charge < -0.3 is 9.47 Å². The highest BCUT2D eigenvalue weighted by Gasteiger charge is 2.19. The standard InChI is InChI=1S/C9H16N2O4/c1-2-14-9(13)3-4-15-7-5-8(12)11-10-6-7/h7,10H,2-6H2,1H3,(H,11,12). The smallest absolute Gasteiger partial charge is 0.308 e. The fraction of sp³-hybridized carbons (Fsp3) is 0.778. The fourth-order valence-corrected chi connectivity index (χ4v) is 1.25. The number of hydrazine groups is 1. The van der Waals surface area contributed by atoms with Gasteiger partial charge in [0.05, 0.1) is 32.2 Å². The van der Waals surface area contributed by atoms with Crippen LogP contribution >= 0.6 is 0 Å². The van der Waals surface area contributed by atoms with Crippen molar-refractivity contribution in [3.05, 3.63) is 0 Å². The SMILES string of the molecule is CCOC(=O)CCOC1CNNC(=O)C1. The molecule has 1 atom stereocenters. The number of esters is 1. The van der Waals surface area contributed by atoms with Crippen LogP contribution < -0.4 is 10.9 Å². The van der Waals surface area contributed by atoms with E-state index in [4.69, 9.17) is 9.47 Å². The topological polar surface area (TPSA) is 76.7 Å². The molecule has 15 heavy (non-hydrogen) atoms. The summed E-state index contributed by atoms with van der Waals surface area (Å²) in [6, 6.07) is 0. The average molecular weight is 216 g/mol. The normalized spacial score (nSPS) is 20.9. The minimum Gasteiger partial charge on any atom is -0.466 e. The van der Waals surface area contributed by atoms with Crippen LogP contribution in [0.4, 0.5) is 0 Å². The van der Waals surface area contributed by atoms with Crippen LogP contribution in [-0.4, -0.2) is 37.7 Å². The van der Waals surface area contributed by atoms with Crippen molar-refractivity contribution in [2.24, 2.45) is 0 Å². The molecule has 0 aliphatic carbocycles. The summed E-state index contributed by atoms with van der Waals surface area (Å²) in [4.78, 5) is 21.9. The first kappa shape index (κ1) is 11.9. The van der Waals surface area contributed by atoms with E-state index in [9.17, 15) is 9.59 Å². The van der Waals surface area contributed by atoms with E-state index in [0.717, 1.165) is 0 Å². The van der Waals surface area contributed by atoms with Crippen LogP contribution in [0.5, 0.6) is 0 Å². The van der Waals surface area contributed by atoms with E-state index in [1.807, 2.05) is 0 Å². The minimum absolute atomic E-state index is 0.0950. The molecule has 1 heterocycles. The van der Waals surface area contributed by atoms with E-state index in [-0.39, 0.29) is 24.4 Å². The highest BCUT2D eigenvalue weighted by Crippen LogP contribution is 2.02. The predicted molar refractivity (Wildman–Crippen MR) is 51.8 cm³/mol. The summed E-state index contributed by atoms with van der Waals surface area (Å²) < 4.78 is 10.1. The zero-order valence-corrected chi connectivity index (χ0v) is 8.75. The third kappa shape index (κ3) is 4.75. The van der Waals surface area contributed by atoms with Gasteiger partial charge in [0.2, 0.25) is 5.91 Å². The van der Waals surface area contributed by atoms with Crippen LogP contribution in [0.1, 0.15) is 19.8 Å². The summed E-state index contributed by atoms with van der Waals surface area (Å²) in [6.07, 6.45) is 0.398. The largest absolute Gasteiger partial charge is 0.466 e. The van der Waals surface area contributed by atoms with Crippen molar-refractivity contribution in [1.82, 2.24) is 10.9 Å². The van der Waals surface area contributed by atoms with Crippen molar-refractivity contribution in [3.8, 4) is 0 Å². The molecular formula is C9H16N2O4. The molecule has 0 aromatic rings. The molecule has 0 bridgehead atoms. The molecule has 0 spiro atoms. The monoisotopic (exact) mass is 216 g/mol. The lowest BCUT2D eigenvalue weighted by atomic mass is 10.2. The Morgan fingerprint density at radius 2 is 2.40 bits per heavy atom. The van der Waals surface area contributed by atoms with Crippen molar-refractivity contribution in [2.75, 3.05) is 19.8 Å². The number of hydrogen-bond acceptors (Lipinski definition) is 5. The van der Waals surface area contributed by atoms with E-state index in [1.54, 1.807) is 6.92 Å². The number of hydrogen-bond donors (Lipinski definition) is 2. The highest BCUT2D eigenvalue weighted by molar-refractivity contribution is 5.76. The van der Waals surface area contributed by atoms with E-state index < -0.39 is 0 Å². The molecule has 0 aromatic heterocycles. The maximum absolute atomic E-state index is 11.0. The molecule has 1 aliphatic rings. The van der Waals surface area contributed by atoms with Gasteiger partial charge in [0.25, 0.3) is 0 Å². The molecule has 6 heteroatoms. The summed E-state index contributed by atoms with van der Waals surface area (Å²) in [6.45, 7) is 2.99. The fourth-order valence-electron chi connectivity index (χ4n) is 1.25. The van der Waals surface area contributed by atoms with Crippen molar-refractivity contribution in [2.45, 2.75) is 25.9 Å². The lowest BCUT2D eigenvalue weighted by Gasteiger charge is -2.22. The van der Waals surface area contributed by atoms with Gasteiger partial charge in [0.15, 0.2) is 0 Å². The molecule has 0 radical (unpaired) electrons. The zero-order valence-electron chi connectivity index (χ0n) is 8.75. The Labute approximate surface area is 88.3 Å². The van der Waals surface area contributed by atoms with Crippen LogP contribution in [-0.2, 0) is 19.1 Å². The first-order chi connectivity index (χ1) is 7.22. The van der Waals surface area contributed by atoms with Gasteiger partial charge >= 0.3 is 5.97 Å². The summed E-state index contributed by atoms with van der Waals surface area (Å²) in [7, 11) is 0. The Bertz CT molecular complexity index is 232. The van der Waals surface area contributed by atoms with E-state index in [0.29, 0.717) is 26.2 Å². The maximum atomic E-state index is 11.0. The molecule has 1 aliphatic heterocycles. The third-order valence-electron chi connectivity index (χ3n) is 1.94. The van der Waals surface area contributed by atoms with Gasteiger partial charge in [0, 0.05) is 6.54 Å². The quantitative estimate of drug-likeness (QED) is 0.597. The van der Waals surface area contributed by atoms with E-state index in [1.165, 1.54) is 0 Å². The first-order valence-electron chi connectivity index (χ1n) is 5.01. The average Bonchev–Trinajstić information content (AvgIpc) is 2.18. The Kier molecular flexibility index (Phi) is 5.06. The molecule has 2 N–H and O–H groups in total. The van der Waals surface area contributed by atoms with Gasteiger partial charge in [-0.15, -0.1) is 0 Å². The van der Waals surface area contributed by atoms with Gasteiger partial charge in [-0.2, -0.15) is 0 Å². The summed E-state index contributed by atoms with van der Waals surface area (Å²) in [5.74, 6) is -0.367. The maximum Gasteiger partial charge on any atom is 0.308 e. The lowest BCUT2D eigenvalue weighted by Crippen LogP contribution is -2.50. The molecule has 6 nitrogen and oxygen atoms in total. The van der Waals surface area contributed by atoms with Gasteiger partial charge in [-0.05, 0) is 6.92 Å². The minimum atomic E-state index is -0.272. The van der Waals surface area contributed by atoms with Gasteiger partial charge in [-0.3, -0.25) is 15.0 Å². The van der Waals surface area contributed by atoms with Crippen molar-refractivity contribution >= 4 is 11.9 Å². The first-order valence-corrected chi connectivity index (χ1v) is 5.01. The highest BCUT2D eigenvalue weighted by atomic mass is 16.5. The second kappa shape index (κ2) is 6.36. The molecule has 86 valence electrons. The molecular weight excluding hydrogens is 200 g/mol. The lowest BCUT2D eigenvalue weighted by molar-refractivity contribution is -0.145. The Morgan fingerprint density at radius 1 is 1.60 bits per heavy atom. The molecule has 1 rings (SSSR count). The van der Waals surface area contributed by atoms with E-state index >= 15 is 0 Å². The van der Waals surface area contributed by atoms with Gasteiger partial charge in [0.1, 0.15) is 0 Å². The van der Waals surface area contributed by atoms with E-state index in [2.05, 4.69) is 10.9 Å². The van der Waals surface area contributed by atoms with Crippen molar-refractivity contribution < 1.29 is 19.1 Å². The van der Waals surface area contributed by atoms with Crippen LogP contribution in [0.3, 0.4) is 0 Å². The zero-order chi connectivity index (χ0) is 11.1. The number of carbonyl (C=O) groups is 2. The number of ether oxygens (including phenoxy) is 2. The summed E-state index contributed by atoms with van der Waals surface area (Å²) in [5, 5.41) is 0. The molecule has 0 aromatic carbocycles. The number of rotatable bonds is 5. The second-order valence-corrected chi connectivity index (χ2v) is 3.18. The molecule has 1 saturated heterocycles. The molecule has 1 fully saturated rings. The molecule has 1 unspecified atom stereocenters. The Hall–Kier alpha value is -1.14. The summed E-state index contributed by atoms with van der Waals surface area (Å²) >= 11 is 0. The van der Waals surface area contributed by atoms with Crippen LogP contribution in [0.25, 0.3) is 0 Å².